The van der Waals surface area contributed by atoms with E-state index in [1.807, 2.05) is 0 Å². The molecule has 1 fully saturated rings. The van der Waals surface area contributed by atoms with Crippen molar-refractivity contribution in [1.29, 1.82) is 0 Å². The van der Waals surface area contributed by atoms with E-state index in [0.717, 1.165) is 19.5 Å². The van der Waals surface area contributed by atoms with E-state index in [0.29, 0.717) is 18.0 Å². The molecule has 1 heterocycles. The number of carbonyl (C=O) groups excluding carboxylic acids is 1. The summed E-state index contributed by atoms with van der Waals surface area (Å²) in [5, 5.41) is 5.65. The summed E-state index contributed by atoms with van der Waals surface area (Å²) in [6, 6.07) is 4.54. The van der Waals surface area contributed by atoms with Crippen LogP contribution in [0.25, 0.3) is 0 Å². The largest absolute Gasteiger partial charge is 0.385 e. The highest BCUT2D eigenvalue weighted by molar-refractivity contribution is 5.99. The fraction of sp³-hybridized carbons (Fsp3) is 0.562. The molecule has 0 aromatic heterocycles. The third kappa shape index (κ3) is 4.17. The number of nitrogens with zero attached hydrogens (tertiary/aromatic N) is 1. The molecule has 21 heavy (non-hydrogen) atoms. The van der Waals surface area contributed by atoms with Crippen molar-refractivity contribution in [2.75, 3.05) is 39.0 Å². The highest BCUT2D eigenvalue weighted by Crippen LogP contribution is 2.20. The number of rotatable bonds is 5. The van der Waals surface area contributed by atoms with E-state index in [-0.39, 0.29) is 11.6 Å². The SMILES string of the molecule is CNc1c(F)cccc1C(=O)NCCC1CCN(C)CC1. The summed E-state index contributed by atoms with van der Waals surface area (Å²) in [6.45, 7) is 2.91. The second-order valence-corrected chi connectivity index (χ2v) is 5.70. The molecule has 1 aliphatic heterocycles. The van der Waals surface area contributed by atoms with Crippen molar-refractivity contribution in [1.82, 2.24) is 10.2 Å². The van der Waals surface area contributed by atoms with Crippen molar-refractivity contribution < 1.29 is 9.18 Å². The van der Waals surface area contributed by atoms with Gasteiger partial charge in [0.2, 0.25) is 0 Å². The maximum atomic E-state index is 13.6. The van der Waals surface area contributed by atoms with Crippen LogP contribution in [0.2, 0.25) is 0 Å². The van der Waals surface area contributed by atoms with Crippen molar-refractivity contribution in [2.24, 2.45) is 5.92 Å². The average Bonchev–Trinajstić information content (AvgIpc) is 2.49. The molecule has 4 nitrogen and oxygen atoms in total. The number of nitrogens with one attached hydrogen (secondary N) is 2. The predicted octanol–water partition coefficient (Wildman–Crippen LogP) is 2.33. The summed E-state index contributed by atoms with van der Waals surface area (Å²) in [7, 11) is 3.76. The zero-order valence-corrected chi connectivity index (χ0v) is 12.8. The van der Waals surface area contributed by atoms with Crippen molar-refractivity contribution in [3.63, 3.8) is 0 Å². The fourth-order valence-corrected chi connectivity index (χ4v) is 2.80. The Balaban J connectivity index is 1.84. The molecule has 2 rings (SSSR count). The van der Waals surface area contributed by atoms with Crippen LogP contribution in [-0.2, 0) is 0 Å². The number of amides is 1. The second-order valence-electron chi connectivity index (χ2n) is 5.70. The standard InChI is InChI=1S/C16H24FN3O/c1-18-15-13(4-3-5-14(15)17)16(21)19-9-6-12-7-10-20(2)11-8-12/h3-5,12,18H,6-11H2,1-2H3,(H,19,21). The number of para-hydroxylation sites is 1. The maximum absolute atomic E-state index is 13.6. The smallest absolute Gasteiger partial charge is 0.253 e. The topological polar surface area (TPSA) is 44.4 Å². The predicted molar refractivity (Wildman–Crippen MR) is 83.1 cm³/mol. The summed E-state index contributed by atoms with van der Waals surface area (Å²) in [5.41, 5.74) is 0.621. The molecule has 0 saturated carbocycles. The Hall–Kier alpha value is -1.62. The normalized spacial score (nSPS) is 16.7. The minimum atomic E-state index is -0.402. The third-order valence-electron chi connectivity index (χ3n) is 4.18. The Morgan fingerprint density at radius 3 is 2.76 bits per heavy atom. The van der Waals surface area contributed by atoms with E-state index in [2.05, 4.69) is 22.6 Å². The number of anilines is 1. The lowest BCUT2D eigenvalue weighted by atomic mass is 9.94. The lowest BCUT2D eigenvalue weighted by Crippen LogP contribution is -2.32. The number of hydrogen-bond donors (Lipinski definition) is 2. The molecule has 0 aliphatic carbocycles. The van der Waals surface area contributed by atoms with Crippen molar-refractivity contribution in [3.8, 4) is 0 Å². The number of benzene rings is 1. The number of hydrogen-bond acceptors (Lipinski definition) is 3. The lowest BCUT2D eigenvalue weighted by Gasteiger charge is -2.28. The summed E-state index contributed by atoms with van der Waals surface area (Å²) in [6.07, 6.45) is 3.37. The summed E-state index contributed by atoms with van der Waals surface area (Å²) in [4.78, 5) is 14.5. The van der Waals surface area contributed by atoms with E-state index in [4.69, 9.17) is 0 Å². The van der Waals surface area contributed by atoms with Crippen LogP contribution in [-0.4, -0.2) is 44.5 Å². The van der Waals surface area contributed by atoms with E-state index in [1.54, 1.807) is 19.2 Å². The average molecular weight is 293 g/mol. The Kier molecular flexibility index (Phi) is 5.56. The van der Waals surface area contributed by atoms with E-state index in [1.165, 1.54) is 18.9 Å². The molecule has 1 aromatic rings. The first-order valence-corrected chi connectivity index (χ1v) is 7.55. The van der Waals surface area contributed by atoms with Gasteiger partial charge in [0.1, 0.15) is 5.82 Å². The van der Waals surface area contributed by atoms with Crippen LogP contribution < -0.4 is 10.6 Å². The highest BCUT2D eigenvalue weighted by Gasteiger charge is 2.17. The van der Waals surface area contributed by atoms with Crippen LogP contribution in [0.3, 0.4) is 0 Å². The van der Waals surface area contributed by atoms with E-state index in [9.17, 15) is 9.18 Å². The number of carbonyl (C=O) groups is 1. The van der Waals surface area contributed by atoms with Gasteiger partial charge in [-0.15, -0.1) is 0 Å². The fourth-order valence-electron chi connectivity index (χ4n) is 2.80. The Morgan fingerprint density at radius 1 is 1.38 bits per heavy atom. The highest BCUT2D eigenvalue weighted by atomic mass is 19.1. The minimum Gasteiger partial charge on any atom is -0.385 e. The van der Waals surface area contributed by atoms with Gasteiger partial charge in [-0.1, -0.05) is 6.07 Å². The van der Waals surface area contributed by atoms with Crippen molar-refractivity contribution >= 4 is 11.6 Å². The summed E-state index contributed by atoms with van der Waals surface area (Å²) in [5.74, 6) is 0.0602. The molecule has 0 unspecified atom stereocenters. The second kappa shape index (κ2) is 7.41. The Morgan fingerprint density at radius 2 is 2.10 bits per heavy atom. The van der Waals surface area contributed by atoms with Crippen LogP contribution in [0.4, 0.5) is 10.1 Å². The molecule has 0 radical (unpaired) electrons. The molecule has 1 aliphatic rings. The Labute approximate surface area is 125 Å². The van der Waals surface area contributed by atoms with Gasteiger partial charge in [-0.3, -0.25) is 4.79 Å². The van der Waals surface area contributed by atoms with Gasteiger partial charge in [-0.25, -0.2) is 4.39 Å². The number of halogens is 1. The van der Waals surface area contributed by atoms with Gasteiger partial charge in [-0.2, -0.15) is 0 Å². The molecular formula is C16H24FN3O. The molecule has 116 valence electrons. The molecule has 1 amide bonds. The van der Waals surface area contributed by atoms with Gasteiger partial charge in [0, 0.05) is 13.6 Å². The first-order valence-electron chi connectivity index (χ1n) is 7.55. The quantitative estimate of drug-likeness (QED) is 0.876. The molecule has 2 N–H and O–H groups in total. The molecular weight excluding hydrogens is 269 g/mol. The van der Waals surface area contributed by atoms with Crippen LogP contribution in [0.15, 0.2) is 18.2 Å². The van der Waals surface area contributed by atoms with Gasteiger partial charge in [0.05, 0.1) is 11.3 Å². The zero-order chi connectivity index (χ0) is 15.2. The lowest BCUT2D eigenvalue weighted by molar-refractivity contribution is 0.0949. The van der Waals surface area contributed by atoms with Crippen LogP contribution in [0.5, 0.6) is 0 Å². The summed E-state index contributed by atoms with van der Waals surface area (Å²) >= 11 is 0. The first-order chi connectivity index (χ1) is 10.1. The molecule has 1 saturated heterocycles. The van der Waals surface area contributed by atoms with E-state index >= 15 is 0 Å². The first kappa shape index (κ1) is 15.8. The summed E-state index contributed by atoms with van der Waals surface area (Å²) < 4.78 is 13.6. The van der Waals surface area contributed by atoms with Crippen LogP contribution >= 0.6 is 0 Å². The van der Waals surface area contributed by atoms with Gasteiger partial charge >= 0.3 is 0 Å². The molecule has 0 bridgehead atoms. The molecule has 0 atom stereocenters. The van der Waals surface area contributed by atoms with Gasteiger partial charge in [0.15, 0.2) is 0 Å². The van der Waals surface area contributed by atoms with Crippen LogP contribution in [0, 0.1) is 11.7 Å². The van der Waals surface area contributed by atoms with Gasteiger partial charge < -0.3 is 15.5 Å². The number of piperidine rings is 1. The third-order valence-corrected chi connectivity index (χ3v) is 4.18. The Bertz CT molecular complexity index is 484. The minimum absolute atomic E-state index is 0.216. The van der Waals surface area contributed by atoms with Crippen molar-refractivity contribution in [3.05, 3.63) is 29.6 Å². The van der Waals surface area contributed by atoms with E-state index < -0.39 is 5.82 Å². The van der Waals surface area contributed by atoms with Gasteiger partial charge in [0.25, 0.3) is 5.91 Å². The number of likely N-dealkylation sites (tertiary alicyclic amines) is 1. The van der Waals surface area contributed by atoms with Gasteiger partial charge in [-0.05, 0) is 57.5 Å². The monoisotopic (exact) mass is 293 g/mol. The molecule has 1 aromatic carbocycles. The molecule has 0 spiro atoms. The zero-order valence-electron chi connectivity index (χ0n) is 12.8. The van der Waals surface area contributed by atoms with Crippen LogP contribution in [0.1, 0.15) is 29.6 Å². The molecule has 5 heteroatoms. The maximum Gasteiger partial charge on any atom is 0.253 e. The van der Waals surface area contributed by atoms with Crippen molar-refractivity contribution in [2.45, 2.75) is 19.3 Å².